The normalized spacial score (nSPS) is 17.1. The minimum atomic E-state index is -0.851. The number of hydrogen-bond donors (Lipinski definition) is 0. The maximum atomic E-state index is 12.6. The number of aliphatic imine (C=N–C) groups is 1. The third kappa shape index (κ3) is 4.90. The summed E-state index contributed by atoms with van der Waals surface area (Å²) in [5.41, 5.74) is 1.62. The van der Waals surface area contributed by atoms with Gasteiger partial charge in [0.05, 0.1) is 6.61 Å². The van der Waals surface area contributed by atoms with E-state index in [2.05, 4.69) is 20.9 Å². The van der Waals surface area contributed by atoms with E-state index in [1.165, 1.54) is 17.6 Å². The predicted octanol–water partition coefficient (Wildman–Crippen LogP) is 5.63. The number of thiophene rings is 1. The fourth-order valence-corrected chi connectivity index (χ4v) is 4.58. The van der Waals surface area contributed by atoms with Gasteiger partial charge in [0.1, 0.15) is 28.0 Å². The molecule has 1 aromatic carbocycles. The number of carbonyl (C=O) groups is 3. The lowest BCUT2D eigenvalue weighted by Crippen LogP contribution is -2.38. The molecule has 1 heterocycles. The van der Waals surface area contributed by atoms with Crippen molar-refractivity contribution in [3.8, 4) is 11.1 Å². The zero-order valence-electron chi connectivity index (χ0n) is 16.5. The van der Waals surface area contributed by atoms with Crippen molar-refractivity contribution in [1.82, 2.24) is 0 Å². The van der Waals surface area contributed by atoms with Crippen LogP contribution in [0.5, 0.6) is 0 Å². The molecule has 0 amide bonds. The molecule has 0 N–H and O–H groups in total. The lowest BCUT2D eigenvalue weighted by molar-refractivity contribution is -0.136. The molecule has 0 unspecified atom stereocenters. The molecule has 0 atom stereocenters. The van der Waals surface area contributed by atoms with Crippen molar-refractivity contribution in [2.24, 2.45) is 16.3 Å². The maximum Gasteiger partial charge on any atom is 0.341 e. The molecular weight excluding hydrogens is 454 g/mol. The highest BCUT2D eigenvalue weighted by molar-refractivity contribution is 9.10. The molecule has 1 fully saturated rings. The Morgan fingerprint density at radius 2 is 1.86 bits per heavy atom. The fraction of sp³-hybridized carbons (Fsp3) is 0.364. The van der Waals surface area contributed by atoms with Gasteiger partial charge in [-0.3, -0.25) is 9.59 Å². The Kier molecular flexibility index (Phi) is 6.49. The Bertz CT molecular complexity index is 955. The third-order valence-corrected chi connectivity index (χ3v) is 6.16. The molecule has 0 aliphatic heterocycles. The number of esters is 1. The van der Waals surface area contributed by atoms with Gasteiger partial charge in [0.25, 0.3) is 0 Å². The van der Waals surface area contributed by atoms with Crippen LogP contribution < -0.4 is 0 Å². The fourth-order valence-electron chi connectivity index (χ4n) is 3.40. The smallest absolute Gasteiger partial charge is 0.341 e. The van der Waals surface area contributed by atoms with E-state index in [0.29, 0.717) is 23.4 Å². The number of carbonyl (C=O) groups excluding carboxylic acids is 3. The monoisotopic (exact) mass is 475 g/mol. The van der Waals surface area contributed by atoms with Crippen LogP contribution in [0, 0.1) is 11.3 Å². The first-order chi connectivity index (χ1) is 13.7. The Morgan fingerprint density at radius 3 is 2.45 bits per heavy atom. The van der Waals surface area contributed by atoms with E-state index in [1.807, 2.05) is 43.5 Å². The summed E-state index contributed by atoms with van der Waals surface area (Å²) in [5.74, 6) is -1.58. The molecule has 1 aliphatic carbocycles. The van der Waals surface area contributed by atoms with Crippen LogP contribution in [0.25, 0.3) is 11.1 Å². The van der Waals surface area contributed by atoms with Gasteiger partial charge in [-0.1, -0.05) is 41.9 Å². The minimum Gasteiger partial charge on any atom is -0.462 e. The summed E-state index contributed by atoms with van der Waals surface area (Å²) in [4.78, 5) is 41.8. The highest BCUT2D eigenvalue weighted by Gasteiger charge is 2.38. The van der Waals surface area contributed by atoms with Gasteiger partial charge in [0, 0.05) is 34.5 Å². The van der Waals surface area contributed by atoms with Crippen molar-refractivity contribution in [3.05, 3.63) is 39.7 Å². The quantitative estimate of drug-likeness (QED) is 0.319. The number of nitrogens with zero attached hydrogens (tertiary/aromatic N) is 1. The molecule has 152 valence electrons. The number of benzene rings is 1. The largest absolute Gasteiger partial charge is 0.462 e. The van der Waals surface area contributed by atoms with Gasteiger partial charge in [0.2, 0.25) is 0 Å². The summed E-state index contributed by atoms with van der Waals surface area (Å²) in [6.07, 6.45) is 2.07. The molecule has 0 bridgehead atoms. The lowest BCUT2D eigenvalue weighted by atomic mass is 9.72. The minimum absolute atomic E-state index is 0.127. The standard InChI is InChI=1S/C22H22BrNO4S/c1-4-28-21(27)19-16(13-5-7-14(23)8-6-13)12-29-20(19)24-11-15-17(25)9-22(2,3)10-18(15)26/h5-8,11-12,15H,4,9-10H2,1-3H3/b24-11+. The first-order valence-corrected chi connectivity index (χ1v) is 11.0. The summed E-state index contributed by atoms with van der Waals surface area (Å²) in [6, 6.07) is 7.59. The van der Waals surface area contributed by atoms with Gasteiger partial charge in [-0.25, -0.2) is 9.79 Å². The third-order valence-electron chi connectivity index (χ3n) is 4.75. The van der Waals surface area contributed by atoms with E-state index in [9.17, 15) is 14.4 Å². The van der Waals surface area contributed by atoms with Crippen LogP contribution >= 0.6 is 27.3 Å². The van der Waals surface area contributed by atoms with E-state index in [4.69, 9.17) is 4.74 Å². The predicted molar refractivity (Wildman–Crippen MR) is 118 cm³/mol. The molecule has 1 aliphatic rings. The van der Waals surface area contributed by atoms with Crippen LogP contribution in [0.3, 0.4) is 0 Å². The number of halogens is 1. The summed E-state index contributed by atoms with van der Waals surface area (Å²) in [5, 5.41) is 2.28. The Balaban J connectivity index is 1.96. The number of hydrogen-bond acceptors (Lipinski definition) is 6. The zero-order chi connectivity index (χ0) is 21.2. The molecular formula is C22H22BrNO4S. The van der Waals surface area contributed by atoms with Crippen LogP contribution in [0.1, 0.15) is 44.0 Å². The van der Waals surface area contributed by atoms with E-state index in [-0.39, 0.29) is 23.6 Å². The van der Waals surface area contributed by atoms with E-state index in [1.54, 1.807) is 6.92 Å². The Labute approximate surface area is 182 Å². The van der Waals surface area contributed by atoms with Gasteiger partial charge in [0.15, 0.2) is 0 Å². The van der Waals surface area contributed by atoms with Crippen LogP contribution in [-0.2, 0) is 14.3 Å². The number of ether oxygens (including phenoxy) is 1. The van der Waals surface area contributed by atoms with E-state index < -0.39 is 11.9 Å². The summed E-state index contributed by atoms with van der Waals surface area (Å²) in [6.45, 7) is 5.82. The molecule has 1 saturated carbocycles. The second-order valence-electron chi connectivity index (χ2n) is 7.76. The summed E-state index contributed by atoms with van der Waals surface area (Å²) >= 11 is 4.69. The van der Waals surface area contributed by atoms with Crippen molar-refractivity contribution in [3.63, 3.8) is 0 Å². The molecule has 29 heavy (non-hydrogen) atoms. The molecule has 3 rings (SSSR count). The van der Waals surface area contributed by atoms with Crippen molar-refractivity contribution in [2.45, 2.75) is 33.6 Å². The molecule has 0 spiro atoms. The second-order valence-corrected chi connectivity index (χ2v) is 9.54. The van der Waals surface area contributed by atoms with Gasteiger partial charge < -0.3 is 4.74 Å². The first kappa shape index (κ1) is 21.6. The van der Waals surface area contributed by atoms with Crippen LogP contribution in [0.4, 0.5) is 5.00 Å². The highest BCUT2D eigenvalue weighted by Crippen LogP contribution is 2.39. The number of rotatable bonds is 5. The second kappa shape index (κ2) is 8.71. The van der Waals surface area contributed by atoms with Crippen LogP contribution in [0.2, 0.25) is 0 Å². The van der Waals surface area contributed by atoms with E-state index >= 15 is 0 Å². The maximum absolute atomic E-state index is 12.6. The highest BCUT2D eigenvalue weighted by atomic mass is 79.9. The molecule has 5 nitrogen and oxygen atoms in total. The summed E-state index contributed by atoms with van der Waals surface area (Å²) < 4.78 is 6.16. The van der Waals surface area contributed by atoms with E-state index in [0.717, 1.165) is 15.6 Å². The Hall–Kier alpha value is -2.12. The van der Waals surface area contributed by atoms with Crippen molar-refractivity contribution < 1.29 is 19.1 Å². The summed E-state index contributed by atoms with van der Waals surface area (Å²) in [7, 11) is 0. The van der Waals surface area contributed by atoms with Gasteiger partial charge in [-0.15, -0.1) is 11.3 Å². The SMILES string of the molecule is CCOC(=O)c1c(-c2ccc(Br)cc2)csc1/N=C/C1C(=O)CC(C)(C)CC1=O. The Morgan fingerprint density at radius 1 is 1.24 bits per heavy atom. The van der Waals surface area contributed by atoms with Crippen molar-refractivity contribution in [1.29, 1.82) is 0 Å². The molecule has 1 aromatic heterocycles. The average molecular weight is 476 g/mol. The van der Waals surface area contributed by atoms with Gasteiger partial charge >= 0.3 is 5.97 Å². The molecule has 7 heteroatoms. The average Bonchev–Trinajstić information content (AvgIpc) is 3.05. The van der Waals surface area contributed by atoms with Crippen LogP contribution in [0.15, 0.2) is 39.1 Å². The van der Waals surface area contributed by atoms with Gasteiger partial charge in [-0.05, 0) is 30.0 Å². The molecule has 0 saturated heterocycles. The number of Topliss-reactive ketones (excluding diaryl/α,β-unsaturated/α-hetero) is 2. The zero-order valence-corrected chi connectivity index (χ0v) is 18.9. The topological polar surface area (TPSA) is 72.8 Å². The number of ketones is 2. The van der Waals surface area contributed by atoms with Gasteiger partial charge in [-0.2, -0.15) is 0 Å². The molecule has 0 radical (unpaired) electrons. The van der Waals surface area contributed by atoms with Crippen molar-refractivity contribution in [2.75, 3.05) is 6.61 Å². The van der Waals surface area contributed by atoms with Crippen molar-refractivity contribution >= 4 is 56.0 Å². The first-order valence-electron chi connectivity index (χ1n) is 9.36. The van der Waals surface area contributed by atoms with Crippen LogP contribution in [-0.4, -0.2) is 30.4 Å². The lowest BCUT2D eigenvalue weighted by Gasteiger charge is -2.30. The molecule has 2 aromatic rings.